The molecule has 2 rings (SSSR count). The number of aromatic nitrogens is 2. The van der Waals surface area contributed by atoms with Gasteiger partial charge in [0.05, 0.1) is 17.3 Å². The van der Waals surface area contributed by atoms with Crippen LogP contribution in [0.3, 0.4) is 0 Å². The maximum absolute atomic E-state index is 8.87. The van der Waals surface area contributed by atoms with E-state index in [0.717, 1.165) is 22.4 Å². The lowest BCUT2D eigenvalue weighted by atomic mass is 10.0. The van der Waals surface area contributed by atoms with Crippen LogP contribution in [0.15, 0.2) is 24.3 Å². The Morgan fingerprint density at radius 1 is 1.18 bits per heavy atom. The van der Waals surface area contributed by atoms with Gasteiger partial charge in [-0.15, -0.1) is 10.2 Å². The minimum atomic E-state index is 0.447. The van der Waals surface area contributed by atoms with Crippen molar-refractivity contribution in [3.63, 3.8) is 0 Å². The summed E-state index contributed by atoms with van der Waals surface area (Å²) in [6, 6.07) is 9.41. The van der Waals surface area contributed by atoms with Crippen LogP contribution in [0.1, 0.15) is 16.7 Å². The van der Waals surface area contributed by atoms with Crippen molar-refractivity contribution in [1.29, 1.82) is 5.26 Å². The van der Waals surface area contributed by atoms with Gasteiger partial charge in [0, 0.05) is 5.56 Å². The Kier molecular flexibility index (Phi) is 2.75. The Hall–Kier alpha value is -2.41. The number of hydrogen-bond donors (Lipinski definition) is 1. The fourth-order valence-corrected chi connectivity index (χ4v) is 1.63. The van der Waals surface area contributed by atoms with Crippen LogP contribution in [0.5, 0.6) is 0 Å². The van der Waals surface area contributed by atoms with Gasteiger partial charge in [0.25, 0.3) is 0 Å². The monoisotopic (exact) mass is 224 g/mol. The lowest BCUT2D eigenvalue weighted by molar-refractivity contribution is 1.01. The van der Waals surface area contributed by atoms with Gasteiger partial charge in [-0.05, 0) is 37.1 Å². The minimum Gasteiger partial charge on any atom is -0.382 e. The number of rotatable bonds is 1. The third kappa shape index (κ3) is 1.95. The van der Waals surface area contributed by atoms with E-state index < -0.39 is 0 Å². The highest BCUT2D eigenvalue weighted by Crippen LogP contribution is 2.25. The lowest BCUT2D eigenvalue weighted by Crippen LogP contribution is -2.02. The van der Waals surface area contributed by atoms with Crippen LogP contribution in [0.4, 0.5) is 5.82 Å². The predicted octanol–water partition coefficient (Wildman–Crippen LogP) is 2.21. The molecule has 0 aliphatic heterocycles. The SMILES string of the molecule is Cc1c(N)nnc(-c2cccc(C#N)c2)c1C. The van der Waals surface area contributed by atoms with E-state index in [1.165, 1.54) is 0 Å². The molecule has 84 valence electrons. The average molecular weight is 224 g/mol. The second kappa shape index (κ2) is 4.22. The molecule has 0 saturated heterocycles. The van der Waals surface area contributed by atoms with Crippen molar-refractivity contribution >= 4 is 5.82 Å². The molecule has 1 aromatic heterocycles. The number of benzene rings is 1. The number of hydrogen-bond acceptors (Lipinski definition) is 4. The normalized spacial score (nSPS) is 9.94. The van der Waals surface area contributed by atoms with Crippen LogP contribution in [0, 0.1) is 25.2 Å². The van der Waals surface area contributed by atoms with Crippen molar-refractivity contribution in [1.82, 2.24) is 10.2 Å². The average Bonchev–Trinajstić information content (AvgIpc) is 2.36. The summed E-state index contributed by atoms with van der Waals surface area (Å²) >= 11 is 0. The standard InChI is InChI=1S/C13H12N4/c1-8-9(2)13(15)17-16-12(8)11-5-3-4-10(6-11)7-14/h3-6H,1-2H3,(H2,15,17). The highest BCUT2D eigenvalue weighted by atomic mass is 15.1. The Bertz CT molecular complexity index is 611. The first-order chi connectivity index (χ1) is 8.13. The molecular formula is C13H12N4. The molecule has 0 aliphatic carbocycles. The lowest BCUT2D eigenvalue weighted by Gasteiger charge is -2.08. The molecule has 17 heavy (non-hydrogen) atoms. The topological polar surface area (TPSA) is 75.6 Å². The van der Waals surface area contributed by atoms with E-state index in [0.29, 0.717) is 11.4 Å². The molecule has 0 radical (unpaired) electrons. The fraction of sp³-hybridized carbons (Fsp3) is 0.154. The number of nitriles is 1. The summed E-state index contributed by atoms with van der Waals surface area (Å²) in [5, 5.41) is 16.9. The van der Waals surface area contributed by atoms with Gasteiger partial charge in [-0.2, -0.15) is 5.26 Å². The minimum absolute atomic E-state index is 0.447. The Labute approximate surface area is 99.7 Å². The second-order valence-electron chi connectivity index (χ2n) is 3.88. The number of anilines is 1. The maximum atomic E-state index is 8.87. The highest BCUT2D eigenvalue weighted by molar-refractivity contribution is 5.67. The molecule has 0 saturated carbocycles. The Balaban J connectivity index is 2.61. The largest absolute Gasteiger partial charge is 0.382 e. The highest BCUT2D eigenvalue weighted by Gasteiger charge is 2.09. The maximum Gasteiger partial charge on any atom is 0.149 e. The summed E-state index contributed by atoms with van der Waals surface area (Å²) < 4.78 is 0. The zero-order valence-electron chi connectivity index (χ0n) is 9.73. The van der Waals surface area contributed by atoms with E-state index in [4.69, 9.17) is 11.0 Å². The van der Waals surface area contributed by atoms with Gasteiger partial charge < -0.3 is 5.73 Å². The zero-order chi connectivity index (χ0) is 12.4. The van der Waals surface area contributed by atoms with Crippen LogP contribution in [-0.2, 0) is 0 Å². The van der Waals surface area contributed by atoms with Crippen molar-refractivity contribution in [3.05, 3.63) is 41.0 Å². The summed E-state index contributed by atoms with van der Waals surface area (Å²) in [6.45, 7) is 3.87. The molecule has 1 heterocycles. The first-order valence-corrected chi connectivity index (χ1v) is 5.23. The molecule has 2 aromatic rings. The van der Waals surface area contributed by atoms with Crippen molar-refractivity contribution in [3.8, 4) is 17.3 Å². The van der Waals surface area contributed by atoms with Crippen molar-refractivity contribution in [2.75, 3.05) is 5.73 Å². The van der Waals surface area contributed by atoms with Crippen LogP contribution < -0.4 is 5.73 Å². The molecule has 0 atom stereocenters. The molecule has 2 N–H and O–H groups in total. The van der Waals surface area contributed by atoms with E-state index in [2.05, 4.69) is 16.3 Å². The van der Waals surface area contributed by atoms with E-state index in [1.807, 2.05) is 26.0 Å². The molecule has 0 amide bonds. The molecule has 0 unspecified atom stereocenters. The first-order valence-electron chi connectivity index (χ1n) is 5.23. The van der Waals surface area contributed by atoms with Gasteiger partial charge in [-0.25, -0.2) is 0 Å². The van der Waals surface area contributed by atoms with Crippen molar-refractivity contribution in [2.45, 2.75) is 13.8 Å². The van der Waals surface area contributed by atoms with Gasteiger partial charge in [0.1, 0.15) is 5.82 Å². The number of nitrogens with zero attached hydrogens (tertiary/aromatic N) is 3. The molecule has 0 fully saturated rings. The molecule has 0 aliphatic rings. The van der Waals surface area contributed by atoms with Crippen LogP contribution in [0.2, 0.25) is 0 Å². The molecule has 4 nitrogen and oxygen atoms in total. The summed E-state index contributed by atoms with van der Waals surface area (Å²) in [4.78, 5) is 0. The van der Waals surface area contributed by atoms with Gasteiger partial charge in [-0.3, -0.25) is 0 Å². The molecule has 4 heteroatoms. The predicted molar refractivity (Wildman–Crippen MR) is 66.1 cm³/mol. The third-order valence-corrected chi connectivity index (χ3v) is 2.82. The molecular weight excluding hydrogens is 212 g/mol. The van der Waals surface area contributed by atoms with Gasteiger partial charge in [0.15, 0.2) is 0 Å². The van der Waals surface area contributed by atoms with Crippen molar-refractivity contribution in [2.24, 2.45) is 0 Å². The smallest absolute Gasteiger partial charge is 0.149 e. The third-order valence-electron chi connectivity index (χ3n) is 2.82. The Morgan fingerprint density at radius 2 is 1.94 bits per heavy atom. The van der Waals surface area contributed by atoms with Gasteiger partial charge >= 0.3 is 0 Å². The van der Waals surface area contributed by atoms with E-state index in [1.54, 1.807) is 12.1 Å². The van der Waals surface area contributed by atoms with Gasteiger partial charge in [0.2, 0.25) is 0 Å². The van der Waals surface area contributed by atoms with Crippen LogP contribution >= 0.6 is 0 Å². The second-order valence-corrected chi connectivity index (χ2v) is 3.88. The van der Waals surface area contributed by atoms with Crippen LogP contribution in [-0.4, -0.2) is 10.2 Å². The zero-order valence-corrected chi connectivity index (χ0v) is 9.73. The molecule has 0 bridgehead atoms. The van der Waals surface area contributed by atoms with Crippen LogP contribution in [0.25, 0.3) is 11.3 Å². The quantitative estimate of drug-likeness (QED) is 0.805. The summed E-state index contributed by atoms with van der Waals surface area (Å²) in [6.07, 6.45) is 0. The number of nitrogens with two attached hydrogens (primary N) is 1. The van der Waals surface area contributed by atoms with E-state index in [-0.39, 0.29) is 0 Å². The summed E-state index contributed by atoms with van der Waals surface area (Å²) in [7, 11) is 0. The van der Waals surface area contributed by atoms with Crippen molar-refractivity contribution < 1.29 is 0 Å². The van der Waals surface area contributed by atoms with E-state index >= 15 is 0 Å². The fourth-order valence-electron chi connectivity index (χ4n) is 1.63. The Morgan fingerprint density at radius 3 is 2.65 bits per heavy atom. The summed E-state index contributed by atoms with van der Waals surface area (Å²) in [5.41, 5.74) is 9.89. The molecule has 1 aromatic carbocycles. The molecule has 0 spiro atoms. The number of nitrogen functional groups attached to an aromatic ring is 1. The van der Waals surface area contributed by atoms with E-state index in [9.17, 15) is 0 Å². The van der Waals surface area contributed by atoms with Gasteiger partial charge in [-0.1, -0.05) is 12.1 Å². The first kappa shape index (κ1) is 11.1. The summed E-state index contributed by atoms with van der Waals surface area (Å²) in [5.74, 6) is 0.447.